The summed E-state index contributed by atoms with van der Waals surface area (Å²) in [6.45, 7) is 3.89. The number of nitrogens with zero attached hydrogens (tertiary/aromatic N) is 1. The molecule has 38 heavy (non-hydrogen) atoms. The number of halogens is 3. The maximum atomic E-state index is 14.0. The molecule has 1 fully saturated rings. The quantitative estimate of drug-likeness (QED) is 0.435. The van der Waals surface area contributed by atoms with Gasteiger partial charge in [0, 0.05) is 37.7 Å². The standard InChI is InChI=1S/C27H31F3N4O4/c1-25(2)15-21(35)34(24(31)33-25)20(11-12-38-3)16-8-6-9-17(13-16)23(36)32-22-19-10-5-4-7-18(19)14-26(22,37)27(28,29)30/h4-10,13,20,22,37H,11-12,14-15H2,1-3H3,(H2,31,33)(H,32,36)/t20?,22-,26?/m1/s1. The number of fused-ring (bicyclic) bond motifs is 1. The molecular formula is C27H31F3N4O4. The molecule has 1 aliphatic carbocycles. The van der Waals surface area contributed by atoms with Crippen molar-refractivity contribution in [3.63, 3.8) is 0 Å². The van der Waals surface area contributed by atoms with Crippen LogP contribution in [0.2, 0.25) is 0 Å². The number of carbonyl (C=O) groups excluding carboxylic acids is 2. The van der Waals surface area contributed by atoms with Crippen molar-refractivity contribution in [1.82, 2.24) is 15.5 Å². The summed E-state index contributed by atoms with van der Waals surface area (Å²) in [5.74, 6) is -1.16. The number of hydrogen-bond acceptors (Lipinski definition) is 5. The highest BCUT2D eigenvalue weighted by Gasteiger charge is 2.62. The van der Waals surface area contributed by atoms with Crippen molar-refractivity contribution in [2.24, 2.45) is 0 Å². The fourth-order valence-corrected chi connectivity index (χ4v) is 5.21. The molecule has 1 heterocycles. The summed E-state index contributed by atoms with van der Waals surface area (Å²) in [5, 5.41) is 24.5. The number of nitrogens with one attached hydrogen (secondary N) is 3. The summed E-state index contributed by atoms with van der Waals surface area (Å²) in [7, 11) is 1.51. The molecule has 4 N–H and O–H groups in total. The Hall–Kier alpha value is -3.44. The Balaban J connectivity index is 1.65. The van der Waals surface area contributed by atoms with Crippen molar-refractivity contribution in [2.45, 2.75) is 62.5 Å². The summed E-state index contributed by atoms with van der Waals surface area (Å²) >= 11 is 0. The molecule has 8 nitrogen and oxygen atoms in total. The lowest BCUT2D eigenvalue weighted by atomic mass is 9.93. The first-order valence-electron chi connectivity index (χ1n) is 12.2. The highest BCUT2D eigenvalue weighted by Crippen LogP contribution is 2.48. The van der Waals surface area contributed by atoms with Gasteiger partial charge in [-0.15, -0.1) is 0 Å². The Morgan fingerprint density at radius 2 is 1.95 bits per heavy atom. The summed E-state index contributed by atoms with van der Waals surface area (Å²) in [4.78, 5) is 27.6. The molecule has 0 bridgehead atoms. The highest BCUT2D eigenvalue weighted by molar-refractivity contribution is 5.99. The molecule has 0 spiro atoms. The number of aliphatic hydroxyl groups is 1. The van der Waals surface area contributed by atoms with E-state index in [9.17, 15) is 27.9 Å². The average Bonchev–Trinajstić information content (AvgIpc) is 3.12. The minimum atomic E-state index is -4.98. The number of methoxy groups -OCH3 is 1. The zero-order valence-corrected chi connectivity index (χ0v) is 21.4. The molecule has 2 aromatic carbocycles. The number of hydrogen-bond donors (Lipinski definition) is 4. The molecule has 2 aliphatic rings. The predicted octanol–water partition coefficient (Wildman–Crippen LogP) is 3.62. The van der Waals surface area contributed by atoms with Crippen LogP contribution in [0.1, 0.15) is 65.8 Å². The van der Waals surface area contributed by atoms with Gasteiger partial charge in [-0.3, -0.25) is 19.9 Å². The van der Waals surface area contributed by atoms with Gasteiger partial charge >= 0.3 is 6.18 Å². The normalized spacial score (nSPS) is 23.6. The van der Waals surface area contributed by atoms with E-state index in [-0.39, 0.29) is 36.0 Å². The smallest absolute Gasteiger partial charge is 0.385 e. The molecule has 0 saturated carbocycles. The number of amides is 2. The number of rotatable bonds is 7. The molecule has 1 saturated heterocycles. The Morgan fingerprint density at radius 3 is 2.61 bits per heavy atom. The maximum Gasteiger partial charge on any atom is 0.419 e. The molecular weight excluding hydrogens is 501 g/mol. The van der Waals surface area contributed by atoms with Crippen LogP contribution in [0, 0.1) is 5.41 Å². The Morgan fingerprint density at radius 1 is 1.24 bits per heavy atom. The molecule has 3 atom stereocenters. The van der Waals surface area contributed by atoms with Crippen molar-refractivity contribution in [1.29, 1.82) is 5.41 Å². The van der Waals surface area contributed by atoms with Gasteiger partial charge < -0.3 is 20.5 Å². The van der Waals surface area contributed by atoms with Crippen molar-refractivity contribution in [3.05, 3.63) is 70.8 Å². The topological polar surface area (TPSA) is 115 Å². The van der Waals surface area contributed by atoms with E-state index >= 15 is 0 Å². The Bertz CT molecular complexity index is 1230. The van der Waals surface area contributed by atoms with Crippen LogP contribution >= 0.6 is 0 Å². The third-order valence-electron chi connectivity index (χ3n) is 7.07. The van der Waals surface area contributed by atoms with Crippen molar-refractivity contribution in [3.8, 4) is 0 Å². The van der Waals surface area contributed by atoms with Crippen LogP contribution in [0.5, 0.6) is 0 Å². The van der Waals surface area contributed by atoms with Gasteiger partial charge in [0.2, 0.25) is 5.91 Å². The molecule has 2 aromatic rings. The molecule has 4 rings (SSSR count). The SMILES string of the molecule is COCCC(c1cccc(C(=O)N[C@@H]2c3ccccc3CC2(O)C(F)(F)F)c1)N1C(=N)NC(C)(C)CC1=O. The largest absolute Gasteiger partial charge is 0.419 e. The highest BCUT2D eigenvalue weighted by atomic mass is 19.4. The average molecular weight is 533 g/mol. The van der Waals surface area contributed by atoms with Crippen LogP contribution in [0.25, 0.3) is 0 Å². The van der Waals surface area contributed by atoms with Crippen LogP contribution in [0.3, 0.4) is 0 Å². The van der Waals surface area contributed by atoms with E-state index in [0.29, 0.717) is 17.5 Å². The minimum Gasteiger partial charge on any atom is -0.385 e. The maximum absolute atomic E-state index is 14.0. The van der Waals surface area contributed by atoms with Crippen molar-refractivity contribution < 1.29 is 32.6 Å². The van der Waals surface area contributed by atoms with Gasteiger partial charge in [0.25, 0.3) is 5.91 Å². The lowest BCUT2D eigenvalue weighted by molar-refractivity contribution is -0.266. The summed E-state index contributed by atoms with van der Waals surface area (Å²) in [6.07, 6.45) is -5.18. The number of guanidine groups is 1. The van der Waals surface area contributed by atoms with E-state index in [2.05, 4.69) is 10.6 Å². The fourth-order valence-electron chi connectivity index (χ4n) is 5.21. The number of ether oxygens (including phenoxy) is 1. The van der Waals surface area contributed by atoms with Gasteiger partial charge in [-0.25, -0.2) is 0 Å². The third kappa shape index (κ3) is 5.12. The number of alkyl halides is 3. The molecule has 204 valence electrons. The van der Waals surface area contributed by atoms with E-state index in [1.165, 1.54) is 36.3 Å². The molecule has 2 unspecified atom stereocenters. The Labute approximate surface area is 218 Å². The molecule has 1 aliphatic heterocycles. The zero-order chi connectivity index (χ0) is 27.9. The third-order valence-corrected chi connectivity index (χ3v) is 7.07. The van der Waals surface area contributed by atoms with E-state index in [4.69, 9.17) is 10.1 Å². The van der Waals surface area contributed by atoms with Gasteiger partial charge in [0.05, 0.1) is 12.1 Å². The second kappa shape index (κ2) is 10.0. The van der Waals surface area contributed by atoms with Crippen molar-refractivity contribution >= 4 is 17.8 Å². The van der Waals surface area contributed by atoms with Crippen LogP contribution in [-0.2, 0) is 16.0 Å². The first-order chi connectivity index (χ1) is 17.8. The summed E-state index contributed by atoms with van der Waals surface area (Å²) in [5.41, 5.74) is -2.65. The van der Waals surface area contributed by atoms with Gasteiger partial charge in [-0.2, -0.15) is 13.2 Å². The van der Waals surface area contributed by atoms with Crippen LogP contribution in [0.15, 0.2) is 48.5 Å². The number of carbonyl (C=O) groups is 2. The van der Waals surface area contributed by atoms with Crippen LogP contribution in [0.4, 0.5) is 13.2 Å². The molecule has 0 aromatic heterocycles. The predicted molar refractivity (Wildman–Crippen MR) is 133 cm³/mol. The zero-order valence-electron chi connectivity index (χ0n) is 21.4. The first kappa shape index (κ1) is 27.6. The van der Waals surface area contributed by atoms with E-state index in [1.807, 2.05) is 13.8 Å². The van der Waals surface area contributed by atoms with Gasteiger partial charge in [-0.1, -0.05) is 36.4 Å². The molecule has 2 amide bonds. The molecule has 0 radical (unpaired) electrons. The fraction of sp³-hybridized carbons (Fsp3) is 0.444. The van der Waals surface area contributed by atoms with Crippen LogP contribution < -0.4 is 10.6 Å². The second-order valence-corrected chi connectivity index (χ2v) is 10.4. The number of benzene rings is 2. The summed E-state index contributed by atoms with van der Waals surface area (Å²) in [6, 6.07) is 9.95. The van der Waals surface area contributed by atoms with Gasteiger partial charge in [0.15, 0.2) is 11.6 Å². The van der Waals surface area contributed by atoms with E-state index in [1.54, 1.807) is 24.3 Å². The van der Waals surface area contributed by atoms with Crippen LogP contribution in [-0.4, -0.2) is 58.8 Å². The van der Waals surface area contributed by atoms with Gasteiger partial charge in [0.1, 0.15) is 0 Å². The van der Waals surface area contributed by atoms with Crippen molar-refractivity contribution in [2.75, 3.05) is 13.7 Å². The molecule has 11 heteroatoms. The Kier molecular flexibility index (Phi) is 7.28. The monoisotopic (exact) mass is 532 g/mol. The summed E-state index contributed by atoms with van der Waals surface area (Å²) < 4.78 is 47.1. The first-order valence-corrected chi connectivity index (χ1v) is 12.2. The lowest BCUT2D eigenvalue weighted by Gasteiger charge is -2.42. The van der Waals surface area contributed by atoms with Gasteiger partial charge in [-0.05, 0) is 49.1 Å². The van der Waals surface area contributed by atoms with E-state index in [0.717, 1.165) is 0 Å². The van der Waals surface area contributed by atoms with E-state index < -0.39 is 41.7 Å². The minimum absolute atomic E-state index is 0.0584. The second-order valence-electron chi connectivity index (χ2n) is 10.4. The lowest BCUT2D eigenvalue weighted by Crippen LogP contribution is -2.60.